The highest BCUT2D eigenvalue weighted by Crippen LogP contribution is 2.16. The molecule has 0 radical (unpaired) electrons. The van der Waals surface area contributed by atoms with Gasteiger partial charge in [0.15, 0.2) is 0 Å². The molecule has 1 aromatic carbocycles. The summed E-state index contributed by atoms with van der Waals surface area (Å²) in [6.07, 6.45) is 0. The minimum Gasteiger partial charge on any atom is -0.283 e. The molecule has 3 rings (SSSR count). The molecule has 6 nitrogen and oxygen atoms in total. The monoisotopic (exact) mass is 160 g/mol. The largest absolute Gasteiger partial charge is 0.283 e. The van der Waals surface area contributed by atoms with Crippen molar-refractivity contribution in [3.05, 3.63) is 12.1 Å². The van der Waals surface area contributed by atoms with Crippen LogP contribution >= 0.6 is 0 Å². The van der Waals surface area contributed by atoms with Gasteiger partial charge in [0.1, 0.15) is 16.6 Å². The average molecular weight is 160 g/mol. The maximum atomic E-state index is 4.00. The summed E-state index contributed by atoms with van der Waals surface area (Å²) < 4.78 is 0. The molecule has 2 heterocycles. The Morgan fingerprint density at radius 2 is 2.08 bits per heavy atom. The molecule has 0 spiro atoms. The molecular weight excluding hydrogens is 156 g/mol. The van der Waals surface area contributed by atoms with E-state index in [1.54, 1.807) is 0 Å². The smallest absolute Gasteiger partial charge is 0.145 e. The molecule has 0 unspecified atom stereocenters. The lowest BCUT2D eigenvalue weighted by atomic mass is 10.3. The van der Waals surface area contributed by atoms with Crippen LogP contribution in [0.25, 0.3) is 22.1 Å². The maximum absolute atomic E-state index is 4.00. The summed E-state index contributed by atoms with van der Waals surface area (Å²) in [6, 6.07) is 3.74. The van der Waals surface area contributed by atoms with Gasteiger partial charge in [-0.15, -0.1) is 10.2 Å². The highest BCUT2D eigenvalue weighted by molar-refractivity contribution is 5.98. The number of benzene rings is 1. The zero-order valence-electron chi connectivity index (χ0n) is 5.94. The number of aromatic amines is 2. The predicted molar refractivity (Wildman–Crippen MR) is 41.3 cm³/mol. The van der Waals surface area contributed by atoms with Gasteiger partial charge >= 0.3 is 0 Å². The third-order valence-corrected chi connectivity index (χ3v) is 1.79. The second kappa shape index (κ2) is 1.79. The van der Waals surface area contributed by atoms with E-state index in [4.69, 9.17) is 0 Å². The quantitative estimate of drug-likeness (QED) is 0.493. The first kappa shape index (κ1) is 5.64. The molecule has 3 aromatic rings. The molecule has 0 atom stereocenters. The molecule has 12 heavy (non-hydrogen) atoms. The topological polar surface area (TPSA) is 83.1 Å². The van der Waals surface area contributed by atoms with Gasteiger partial charge in [0.25, 0.3) is 0 Å². The minimum absolute atomic E-state index is 0.727. The number of H-pyrrole nitrogens is 2. The molecule has 58 valence electrons. The van der Waals surface area contributed by atoms with Gasteiger partial charge in [0, 0.05) is 0 Å². The number of hydrogen-bond acceptors (Lipinski definition) is 4. The van der Waals surface area contributed by atoms with E-state index in [9.17, 15) is 0 Å². The fraction of sp³-hybridized carbons (Fsp3) is 0. The Morgan fingerprint density at radius 1 is 1.08 bits per heavy atom. The van der Waals surface area contributed by atoms with Crippen molar-refractivity contribution in [3.63, 3.8) is 0 Å². The third-order valence-electron chi connectivity index (χ3n) is 1.79. The molecule has 0 saturated carbocycles. The molecule has 2 N–H and O–H groups in total. The number of rotatable bonds is 0. The fourth-order valence-corrected chi connectivity index (χ4v) is 1.22. The Balaban J connectivity index is 2.71. The van der Waals surface area contributed by atoms with Crippen molar-refractivity contribution >= 4 is 22.1 Å². The van der Waals surface area contributed by atoms with Crippen LogP contribution in [0.3, 0.4) is 0 Å². The summed E-state index contributed by atoms with van der Waals surface area (Å²) >= 11 is 0. The Kier molecular flexibility index (Phi) is 0.840. The van der Waals surface area contributed by atoms with E-state index in [-0.39, 0.29) is 0 Å². The normalized spacial score (nSPS) is 11.3. The lowest BCUT2D eigenvalue weighted by molar-refractivity contribution is 0.951. The van der Waals surface area contributed by atoms with E-state index in [1.807, 2.05) is 12.1 Å². The second-order valence-corrected chi connectivity index (χ2v) is 2.47. The molecule has 0 saturated heterocycles. The van der Waals surface area contributed by atoms with Gasteiger partial charge in [-0.05, 0) is 17.3 Å². The van der Waals surface area contributed by atoms with E-state index in [1.165, 1.54) is 0 Å². The highest BCUT2D eigenvalue weighted by atomic mass is 15.4. The number of nitrogens with one attached hydrogen (secondary N) is 2. The fourth-order valence-electron chi connectivity index (χ4n) is 1.22. The lowest BCUT2D eigenvalue weighted by Crippen LogP contribution is -1.73. The van der Waals surface area contributed by atoms with Crippen molar-refractivity contribution in [1.82, 2.24) is 30.8 Å². The molecule has 6 heteroatoms. The molecular formula is C6H4N6. The Labute approximate surface area is 66.0 Å². The maximum Gasteiger partial charge on any atom is 0.145 e. The van der Waals surface area contributed by atoms with Gasteiger partial charge in [0.05, 0.1) is 5.52 Å². The van der Waals surface area contributed by atoms with Crippen molar-refractivity contribution in [2.45, 2.75) is 0 Å². The van der Waals surface area contributed by atoms with Crippen LogP contribution in [0.15, 0.2) is 12.1 Å². The molecule has 0 aliphatic rings. The van der Waals surface area contributed by atoms with E-state index in [2.05, 4.69) is 30.8 Å². The molecule has 0 fully saturated rings. The average Bonchev–Trinajstić information content (AvgIpc) is 2.71. The number of fused-ring (bicyclic) bond motifs is 3. The Hall–Kier alpha value is -1.98. The Morgan fingerprint density at radius 3 is 3.08 bits per heavy atom. The van der Waals surface area contributed by atoms with Crippen molar-refractivity contribution in [1.29, 1.82) is 0 Å². The van der Waals surface area contributed by atoms with Crippen molar-refractivity contribution in [2.24, 2.45) is 0 Å². The summed E-state index contributed by atoms with van der Waals surface area (Å²) in [5.74, 6) is 0. The van der Waals surface area contributed by atoms with Crippen molar-refractivity contribution in [2.75, 3.05) is 0 Å². The van der Waals surface area contributed by atoms with E-state index in [0.717, 1.165) is 22.1 Å². The number of aromatic nitrogens is 6. The van der Waals surface area contributed by atoms with Gasteiger partial charge in [-0.3, -0.25) is 5.10 Å². The van der Waals surface area contributed by atoms with Crippen LogP contribution in [-0.4, -0.2) is 30.8 Å². The zero-order valence-corrected chi connectivity index (χ0v) is 5.94. The van der Waals surface area contributed by atoms with E-state index < -0.39 is 0 Å². The second-order valence-electron chi connectivity index (χ2n) is 2.47. The predicted octanol–water partition coefficient (Wildman–Crippen LogP) is 0.229. The van der Waals surface area contributed by atoms with Gasteiger partial charge < -0.3 is 0 Å². The highest BCUT2D eigenvalue weighted by Gasteiger charge is 2.05. The SMILES string of the molecule is c1cc2[nH][nH]nc2c2nnnc12. The molecule has 0 aliphatic carbocycles. The van der Waals surface area contributed by atoms with Crippen molar-refractivity contribution < 1.29 is 0 Å². The zero-order chi connectivity index (χ0) is 7.97. The van der Waals surface area contributed by atoms with Crippen LogP contribution in [0.5, 0.6) is 0 Å². The van der Waals surface area contributed by atoms with Crippen LogP contribution in [0.4, 0.5) is 0 Å². The van der Waals surface area contributed by atoms with Crippen LogP contribution in [0.2, 0.25) is 0 Å². The summed E-state index contributed by atoms with van der Waals surface area (Å²) in [5.41, 5.74) is 3.18. The summed E-state index contributed by atoms with van der Waals surface area (Å²) in [7, 11) is 0. The number of nitrogens with zero attached hydrogens (tertiary/aromatic N) is 4. The lowest BCUT2D eigenvalue weighted by Gasteiger charge is -1.84. The third kappa shape index (κ3) is 0.541. The van der Waals surface area contributed by atoms with Crippen LogP contribution in [-0.2, 0) is 0 Å². The number of hydrogen-bond donors (Lipinski definition) is 2. The minimum atomic E-state index is 0.727. The van der Waals surface area contributed by atoms with Crippen LogP contribution in [0.1, 0.15) is 0 Å². The molecule has 0 amide bonds. The van der Waals surface area contributed by atoms with Crippen LogP contribution in [0, 0.1) is 0 Å². The standard InChI is InChI=1S/C6H4N6/c1-2-4-6(10-12-8-4)5-3(1)7-11-9-5/h1-2,7,11H. The van der Waals surface area contributed by atoms with Gasteiger partial charge in [-0.25, -0.2) is 5.21 Å². The summed E-state index contributed by atoms with van der Waals surface area (Å²) in [4.78, 5) is 0. The summed E-state index contributed by atoms with van der Waals surface area (Å²) in [6.45, 7) is 0. The van der Waals surface area contributed by atoms with Crippen LogP contribution < -0.4 is 0 Å². The van der Waals surface area contributed by atoms with Gasteiger partial charge in [-0.1, -0.05) is 0 Å². The first-order valence-electron chi connectivity index (χ1n) is 3.46. The van der Waals surface area contributed by atoms with E-state index >= 15 is 0 Å². The molecule has 0 bridgehead atoms. The van der Waals surface area contributed by atoms with E-state index in [0.29, 0.717) is 0 Å². The van der Waals surface area contributed by atoms with Gasteiger partial charge in [0.2, 0.25) is 0 Å². The molecule has 2 aromatic heterocycles. The first-order valence-corrected chi connectivity index (χ1v) is 3.46. The summed E-state index contributed by atoms with van der Waals surface area (Å²) in [5, 5.41) is 20.8. The first-order chi connectivity index (χ1) is 5.95. The van der Waals surface area contributed by atoms with Crippen molar-refractivity contribution in [3.8, 4) is 0 Å². The Bertz CT molecular complexity index is 485. The van der Waals surface area contributed by atoms with Gasteiger partial charge in [-0.2, -0.15) is 5.10 Å². The molecule has 0 aliphatic heterocycles.